The van der Waals surface area contributed by atoms with E-state index >= 15 is 0 Å². The van der Waals surface area contributed by atoms with E-state index in [9.17, 15) is 4.79 Å². The number of hydrogen-bond donors (Lipinski definition) is 1. The van der Waals surface area contributed by atoms with Crippen LogP contribution in [0.4, 0.5) is 0 Å². The summed E-state index contributed by atoms with van der Waals surface area (Å²) < 4.78 is 6.06. The number of benzene rings is 1. The Morgan fingerprint density at radius 1 is 1.53 bits per heavy atom. The zero-order valence-electron chi connectivity index (χ0n) is 8.43. The molecule has 2 aromatic rings. The van der Waals surface area contributed by atoms with Crippen LogP contribution in [0.3, 0.4) is 0 Å². The van der Waals surface area contributed by atoms with Gasteiger partial charge in [-0.15, -0.1) is 0 Å². The number of carbonyl (C=O) groups excluding carboxylic acids is 1. The Morgan fingerprint density at radius 2 is 2.27 bits per heavy atom. The molecule has 0 aliphatic heterocycles. The molecule has 3 nitrogen and oxygen atoms in total. The predicted molar refractivity (Wildman–Crippen MR) is 62.7 cm³/mol. The van der Waals surface area contributed by atoms with Gasteiger partial charge in [-0.3, -0.25) is 4.79 Å². The van der Waals surface area contributed by atoms with E-state index in [1.807, 2.05) is 19.2 Å². The van der Waals surface area contributed by atoms with Crippen LogP contribution < -0.4 is 4.74 Å². The Balaban J connectivity index is 2.95. The van der Waals surface area contributed by atoms with E-state index in [-0.39, 0.29) is 0 Å². The molecule has 1 aromatic carbocycles. The lowest BCUT2D eigenvalue weighted by atomic mass is 10.1. The Labute approximate surface area is 95.6 Å². The summed E-state index contributed by atoms with van der Waals surface area (Å²) in [6, 6.07) is 1.86. The lowest BCUT2D eigenvalue weighted by Gasteiger charge is -2.07. The van der Waals surface area contributed by atoms with Gasteiger partial charge in [-0.25, -0.2) is 0 Å². The summed E-state index contributed by atoms with van der Waals surface area (Å²) in [6.45, 7) is 1.97. The van der Waals surface area contributed by atoms with Crippen LogP contribution in [-0.2, 0) is 0 Å². The van der Waals surface area contributed by atoms with Crippen molar-refractivity contribution in [3.8, 4) is 5.75 Å². The zero-order chi connectivity index (χ0) is 11.0. The maximum atomic E-state index is 11.0. The summed E-state index contributed by atoms with van der Waals surface area (Å²) in [5.41, 5.74) is 2.59. The molecule has 0 aliphatic carbocycles. The fraction of sp³-hybridized carbons (Fsp3) is 0.182. The second kappa shape index (κ2) is 3.70. The third kappa shape index (κ3) is 1.45. The van der Waals surface area contributed by atoms with E-state index in [1.54, 1.807) is 7.11 Å². The molecule has 1 aromatic heterocycles. The summed E-state index contributed by atoms with van der Waals surface area (Å²) in [5.74, 6) is 0.607. The van der Waals surface area contributed by atoms with Crippen LogP contribution in [0.5, 0.6) is 5.75 Å². The number of aromatic amines is 1. The Hall–Kier alpha value is -1.29. The maximum Gasteiger partial charge on any atom is 0.154 e. The van der Waals surface area contributed by atoms with Gasteiger partial charge in [0.05, 0.1) is 18.2 Å². The molecule has 0 amide bonds. The minimum Gasteiger partial charge on any atom is -0.496 e. The number of aldehydes is 1. The molecule has 0 radical (unpaired) electrons. The van der Waals surface area contributed by atoms with Gasteiger partial charge >= 0.3 is 0 Å². The highest BCUT2D eigenvalue weighted by atomic mass is 79.9. The van der Waals surface area contributed by atoms with E-state index in [4.69, 9.17) is 4.74 Å². The highest BCUT2D eigenvalue weighted by Crippen LogP contribution is 2.34. The van der Waals surface area contributed by atoms with Crippen LogP contribution in [-0.4, -0.2) is 18.4 Å². The molecule has 0 atom stereocenters. The normalized spacial score (nSPS) is 10.6. The molecule has 78 valence electrons. The largest absolute Gasteiger partial charge is 0.496 e. The van der Waals surface area contributed by atoms with Crippen molar-refractivity contribution in [3.05, 3.63) is 27.9 Å². The summed E-state index contributed by atoms with van der Waals surface area (Å²) in [6.07, 6.45) is 2.64. The molecule has 1 N–H and O–H groups in total. The van der Waals surface area contributed by atoms with Crippen molar-refractivity contribution in [2.75, 3.05) is 7.11 Å². The van der Waals surface area contributed by atoms with E-state index in [2.05, 4.69) is 20.9 Å². The van der Waals surface area contributed by atoms with Gasteiger partial charge in [0.25, 0.3) is 0 Å². The maximum absolute atomic E-state index is 11.0. The average Bonchev–Trinajstić information content (AvgIpc) is 2.61. The number of aromatic nitrogens is 1. The van der Waals surface area contributed by atoms with E-state index in [0.717, 1.165) is 27.2 Å². The van der Waals surface area contributed by atoms with Crippen LogP contribution in [0.15, 0.2) is 16.7 Å². The second-order valence-electron chi connectivity index (χ2n) is 3.31. The summed E-state index contributed by atoms with van der Waals surface area (Å²) in [4.78, 5) is 14.2. The first-order valence-corrected chi connectivity index (χ1v) is 5.27. The van der Waals surface area contributed by atoms with E-state index in [1.165, 1.54) is 0 Å². The standard InChI is InChI=1S/C11H10BrNO2/c1-6-3-9(15-2)7(5-14)10-8(12)4-13-11(6)10/h3-5,13H,1-2H3. The van der Waals surface area contributed by atoms with Gasteiger partial charge in [-0.1, -0.05) is 0 Å². The third-order valence-corrected chi connectivity index (χ3v) is 3.07. The average molecular weight is 268 g/mol. The predicted octanol–water partition coefficient (Wildman–Crippen LogP) is 3.06. The fourth-order valence-electron chi connectivity index (χ4n) is 1.73. The fourth-order valence-corrected chi connectivity index (χ4v) is 2.26. The molecule has 4 heteroatoms. The zero-order valence-corrected chi connectivity index (χ0v) is 10.0. The topological polar surface area (TPSA) is 42.1 Å². The van der Waals surface area contributed by atoms with Gasteiger partial charge in [0, 0.05) is 16.1 Å². The number of hydrogen-bond acceptors (Lipinski definition) is 2. The molecule has 0 aliphatic rings. The molecule has 0 fully saturated rings. The van der Waals surface area contributed by atoms with E-state index in [0.29, 0.717) is 11.3 Å². The highest BCUT2D eigenvalue weighted by Gasteiger charge is 2.13. The summed E-state index contributed by atoms with van der Waals surface area (Å²) in [5, 5.41) is 0.877. The quantitative estimate of drug-likeness (QED) is 0.850. The number of carbonyl (C=O) groups is 1. The summed E-state index contributed by atoms with van der Waals surface area (Å²) >= 11 is 3.41. The molecule has 15 heavy (non-hydrogen) atoms. The summed E-state index contributed by atoms with van der Waals surface area (Å²) in [7, 11) is 1.56. The van der Waals surface area contributed by atoms with Crippen molar-refractivity contribution in [2.24, 2.45) is 0 Å². The smallest absolute Gasteiger partial charge is 0.154 e. The van der Waals surface area contributed by atoms with Crippen molar-refractivity contribution >= 4 is 33.1 Å². The Kier molecular flexibility index (Phi) is 2.52. The lowest BCUT2D eigenvalue weighted by Crippen LogP contribution is -1.93. The minimum absolute atomic E-state index is 0.575. The number of fused-ring (bicyclic) bond motifs is 1. The van der Waals surface area contributed by atoms with Crippen molar-refractivity contribution in [1.82, 2.24) is 4.98 Å². The van der Waals surface area contributed by atoms with Crippen LogP contribution in [0, 0.1) is 6.92 Å². The van der Waals surface area contributed by atoms with Crippen molar-refractivity contribution in [2.45, 2.75) is 6.92 Å². The third-order valence-electron chi connectivity index (χ3n) is 2.45. The Bertz CT molecular complexity index is 531. The van der Waals surface area contributed by atoms with Crippen LogP contribution in [0.25, 0.3) is 10.9 Å². The van der Waals surface area contributed by atoms with Crippen LogP contribution in [0.2, 0.25) is 0 Å². The number of rotatable bonds is 2. The first-order chi connectivity index (χ1) is 7.19. The van der Waals surface area contributed by atoms with Gasteiger partial charge in [0.1, 0.15) is 5.75 Å². The Morgan fingerprint density at radius 3 is 2.87 bits per heavy atom. The molecule has 0 saturated carbocycles. The minimum atomic E-state index is 0.575. The molecule has 0 unspecified atom stereocenters. The monoisotopic (exact) mass is 267 g/mol. The molecule has 0 bridgehead atoms. The first-order valence-electron chi connectivity index (χ1n) is 4.48. The van der Waals surface area contributed by atoms with Gasteiger partial charge in [0.15, 0.2) is 6.29 Å². The number of nitrogens with one attached hydrogen (secondary N) is 1. The van der Waals surface area contributed by atoms with Gasteiger partial charge in [0.2, 0.25) is 0 Å². The number of halogens is 1. The number of aryl methyl sites for hydroxylation is 1. The number of methoxy groups -OCH3 is 1. The second-order valence-corrected chi connectivity index (χ2v) is 4.17. The molecular formula is C11H10BrNO2. The van der Waals surface area contributed by atoms with Crippen molar-refractivity contribution < 1.29 is 9.53 Å². The van der Waals surface area contributed by atoms with Gasteiger partial charge in [-0.05, 0) is 34.5 Å². The van der Waals surface area contributed by atoms with Gasteiger partial charge < -0.3 is 9.72 Å². The highest BCUT2D eigenvalue weighted by molar-refractivity contribution is 9.10. The van der Waals surface area contributed by atoms with Crippen LogP contribution in [0.1, 0.15) is 15.9 Å². The van der Waals surface area contributed by atoms with Crippen LogP contribution >= 0.6 is 15.9 Å². The van der Waals surface area contributed by atoms with Gasteiger partial charge in [-0.2, -0.15) is 0 Å². The molecule has 2 rings (SSSR count). The van der Waals surface area contributed by atoms with E-state index < -0.39 is 0 Å². The molecule has 0 spiro atoms. The van der Waals surface area contributed by atoms with Crippen molar-refractivity contribution in [3.63, 3.8) is 0 Å². The first kappa shape index (κ1) is 10.2. The lowest BCUT2D eigenvalue weighted by molar-refractivity contribution is 0.112. The number of H-pyrrole nitrogens is 1. The molecule has 1 heterocycles. The number of ether oxygens (including phenoxy) is 1. The molecule has 0 saturated heterocycles. The molecular weight excluding hydrogens is 258 g/mol. The SMILES string of the molecule is COc1cc(C)c2[nH]cc(Br)c2c1C=O. The van der Waals surface area contributed by atoms with Crippen molar-refractivity contribution in [1.29, 1.82) is 0 Å².